The average molecular weight is 311 g/mol. The van der Waals surface area contributed by atoms with Crippen LogP contribution in [0.5, 0.6) is 0 Å². The molecular formula is C13H30N2O2S2. The summed E-state index contributed by atoms with van der Waals surface area (Å²) >= 11 is 1.87. The highest BCUT2D eigenvalue weighted by Gasteiger charge is 2.08. The smallest absolute Gasteiger partial charge is 0.211 e. The van der Waals surface area contributed by atoms with Gasteiger partial charge in [-0.15, -0.1) is 0 Å². The van der Waals surface area contributed by atoms with Crippen molar-refractivity contribution in [1.82, 2.24) is 10.0 Å². The van der Waals surface area contributed by atoms with E-state index in [4.69, 9.17) is 0 Å². The first-order chi connectivity index (χ1) is 8.98. The lowest BCUT2D eigenvalue weighted by atomic mass is 10.2. The summed E-state index contributed by atoms with van der Waals surface area (Å²) in [6, 6.07) is 0.414. The molecular weight excluding hydrogens is 280 g/mol. The molecule has 116 valence electrons. The van der Waals surface area contributed by atoms with E-state index in [-0.39, 0.29) is 5.75 Å². The van der Waals surface area contributed by atoms with Crippen molar-refractivity contribution in [2.75, 3.05) is 30.9 Å². The van der Waals surface area contributed by atoms with Gasteiger partial charge in [0.2, 0.25) is 10.0 Å². The second-order valence-electron chi connectivity index (χ2n) is 5.08. The van der Waals surface area contributed by atoms with Crippen molar-refractivity contribution < 1.29 is 8.42 Å². The van der Waals surface area contributed by atoms with Crippen LogP contribution in [-0.2, 0) is 10.0 Å². The summed E-state index contributed by atoms with van der Waals surface area (Å²) in [5.41, 5.74) is 0. The number of nitrogens with one attached hydrogen (secondary N) is 2. The third-order valence-electron chi connectivity index (χ3n) is 2.74. The second-order valence-corrected chi connectivity index (χ2v) is 7.99. The Morgan fingerprint density at radius 3 is 2.32 bits per heavy atom. The zero-order valence-corrected chi connectivity index (χ0v) is 14.2. The van der Waals surface area contributed by atoms with Gasteiger partial charge in [-0.1, -0.05) is 26.7 Å². The van der Waals surface area contributed by atoms with Crippen LogP contribution in [0.2, 0.25) is 0 Å². The molecule has 0 heterocycles. The minimum absolute atomic E-state index is 0.221. The van der Waals surface area contributed by atoms with Crippen molar-refractivity contribution >= 4 is 21.8 Å². The van der Waals surface area contributed by atoms with Gasteiger partial charge in [0.25, 0.3) is 0 Å². The Balaban J connectivity index is 3.46. The van der Waals surface area contributed by atoms with E-state index in [0.717, 1.165) is 19.4 Å². The van der Waals surface area contributed by atoms with E-state index in [9.17, 15) is 8.42 Å². The number of thioether (sulfide) groups is 1. The Hall–Kier alpha value is 0.220. The molecule has 4 nitrogen and oxygen atoms in total. The molecule has 0 unspecified atom stereocenters. The highest BCUT2D eigenvalue weighted by atomic mass is 32.2. The number of sulfonamides is 1. The lowest BCUT2D eigenvalue weighted by molar-refractivity contribution is 0.557. The molecule has 6 heteroatoms. The first-order valence-electron chi connectivity index (χ1n) is 7.17. The molecule has 0 saturated heterocycles. The number of unbranched alkanes of at least 4 members (excludes halogenated alkanes) is 3. The molecule has 0 rings (SSSR count). The summed E-state index contributed by atoms with van der Waals surface area (Å²) in [7, 11) is -3.07. The van der Waals surface area contributed by atoms with Gasteiger partial charge in [0.1, 0.15) is 0 Å². The second kappa shape index (κ2) is 12.0. The fourth-order valence-electron chi connectivity index (χ4n) is 1.68. The Bertz CT molecular complexity index is 293. The van der Waals surface area contributed by atoms with Gasteiger partial charge in [0.15, 0.2) is 0 Å². The fraction of sp³-hybridized carbons (Fsp3) is 1.00. The molecule has 0 amide bonds. The van der Waals surface area contributed by atoms with E-state index in [1.165, 1.54) is 18.6 Å². The molecule has 0 aliphatic carbocycles. The normalized spacial score (nSPS) is 12.2. The van der Waals surface area contributed by atoms with E-state index in [1.807, 2.05) is 11.8 Å². The van der Waals surface area contributed by atoms with E-state index >= 15 is 0 Å². The van der Waals surface area contributed by atoms with Crippen LogP contribution in [0, 0.1) is 0 Å². The van der Waals surface area contributed by atoms with Gasteiger partial charge >= 0.3 is 0 Å². The first-order valence-corrected chi connectivity index (χ1v) is 10.2. The number of rotatable bonds is 13. The SMILES string of the molecule is CSCCCCCCNS(=O)(=O)CCCNC(C)C. The summed E-state index contributed by atoms with van der Waals surface area (Å²) in [4.78, 5) is 0. The third kappa shape index (κ3) is 14.4. The van der Waals surface area contributed by atoms with Gasteiger partial charge in [-0.3, -0.25) is 0 Å². The maximum atomic E-state index is 11.7. The monoisotopic (exact) mass is 310 g/mol. The summed E-state index contributed by atoms with van der Waals surface area (Å²) in [6.07, 6.45) is 7.26. The standard InChI is InChI=1S/C13H30N2O2S2/c1-13(2)14-9-8-12-19(16,17)15-10-6-4-5-7-11-18-3/h13-15H,4-12H2,1-3H3. The minimum Gasteiger partial charge on any atom is -0.314 e. The molecule has 0 aliphatic rings. The van der Waals surface area contributed by atoms with Gasteiger partial charge in [0, 0.05) is 12.6 Å². The van der Waals surface area contributed by atoms with Crippen LogP contribution in [0.15, 0.2) is 0 Å². The fourth-order valence-corrected chi connectivity index (χ4v) is 3.29. The highest BCUT2D eigenvalue weighted by molar-refractivity contribution is 7.98. The molecule has 0 aromatic rings. The Morgan fingerprint density at radius 1 is 1.00 bits per heavy atom. The Kier molecular flexibility index (Phi) is 12.1. The predicted octanol–water partition coefficient (Wildman–Crippen LogP) is 2.22. The molecule has 0 fully saturated rings. The topological polar surface area (TPSA) is 58.2 Å². The van der Waals surface area contributed by atoms with Crippen molar-refractivity contribution in [2.45, 2.75) is 52.0 Å². The quantitative estimate of drug-likeness (QED) is 0.512. The van der Waals surface area contributed by atoms with Crippen molar-refractivity contribution in [2.24, 2.45) is 0 Å². The molecule has 0 spiro atoms. The van der Waals surface area contributed by atoms with Crippen LogP contribution >= 0.6 is 11.8 Å². The number of hydrogen-bond donors (Lipinski definition) is 2. The summed E-state index contributed by atoms with van der Waals surface area (Å²) in [6.45, 7) is 5.46. The largest absolute Gasteiger partial charge is 0.314 e. The molecule has 0 radical (unpaired) electrons. The van der Waals surface area contributed by atoms with Crippen molar-refractivity contribution in [3.8, 4) is 0 Å². The Labute approximate surface area is 123 Å². The van der Waals surface area contributed by atoms with E-state index in [1.54, 1.807) is 0 Å². The molecule has 0 aromatic carbocycles. The summed E-state index contributed by atoms with van der Waals surface area (Å²) in [5.74, 6) is 1.42. The molecule has 0 aliphatic heterocycles. The lowest BCUT2D eigenvalue weighted by Crippen LogP contribution is -2.30. The van der Waals surface area contributed by atoms with Crippen molar-refractivity contribution in [3.05, 3.63) is 0 Å². The first kappa shape index (κ1) is 19.2. The predicted molar refractivity (Wildman–Crippen MR) is 86.4 cm³/mol. The third-order valence-corrected chi connectivity index (χ3v) is 4.91. The molecule has 0 saturated carbocycles. The minimum atomic E-state index is -3.07. The van der Waals surface area contributed by atoms with Crippen LogP contribution in [0.3, 0.4) is 0 Å². The lowest BCUT2D eigenvalue weighted by Gasteiger charge is -2.09. The van der Waals surface area contributed by atoms with Gasteiger partial charge in [-0.2, -0.15) is 11.8 Å². The zero-order valence-electron chi connectivity index (χ0n) is 12.6. The van der Waals surface area contributed by atoms with Crippen molar-refractivity contribution in [3.63, 3.8) is 0 Å². The maximum absolute atomic E-state index is 11.7. The van der Waals surface area contributed by atoms with Crippen molar-refractivity contribution in [1.29, 1.82) is 0 Å². The van der Waals surface area contributed by atoms with Crippen LogP contribution in [0.1, 0.15) is 46.0 Å². The molecule has 0 bridgehead atoms. The molecule has 19 heavy (non-hydrogen) atoms. The van der Waals surface area contributed by atoms with Gasteiger partial charge in [-0.25, -0.2) is 13.1 Å². The summed E-state index contributed by atoms with van der Waals surface area (Å²) in [5, 5.41) is 3.22. The van der Waals surface area contributed by atoms with E-state index in [2.05, 4.69) is 30.1 Å². The van der Waals surface area contributed by atoms with Gasteiger partial charge in [-0.05, 0) is 37.8 Å². The zero-order chi connectivity index (χ0) is 14.6. The van der Waals surface area contributed by atoms with E-state index in [0.29, 0.717) is 19.0 Å². The van der Waals surface area contributed by atoms with Crippen LogP contribution < -0.4 is 10.0 Å². The molecule has 2 N–H and O–H groups in total. The van der Waals surface area contributed by atoms with E-state index < -0.39 is 10.0 Å². The molecule has 0 atom stereocenters. The van der Waals surface area contributed by atoms with Crippen LogP contribution in [0.25, 0.3) is 0 Å². The van der Waals surface area contributed by atoms with Crippen LogP contribution in [0.4, 0.5) is 0 Å². The Morgan fingerprint density at radius 2 is 1.68 bits per heavy atom. The number of hydrogen-bond acceptors (Lipinski definition) is 4. The van der Waals surface area contributed by atoms with Gasteiger partial charge in [0.05, 0.1) is 5.75 Å². The maximum Gasteiger partial charge on any atom is 0.211 e. The highest BCUT2D eigenvalue weighted by Crippen LogP contribution is 2.04. The van der Waals surface area contributed by atoms with Crippen LogP contribution in [-0.4, -0.2) is 45.3 Å². The average Bonchev–Trinajstić information content (AvgIpc) is 2.33. The summed E-state index contributed by atoms with van der Waals surface area (Å²) < 4.78 is 26.0. The van der Waals surface area contributed by atoms with Gasteiger partial charge < -0.3 is 5.32 Å². The molecule has 0 aromatic heterocycles.